The number of sulfonamides is 1. The van der Waals surface area contributed by atoms with E-state index in [9.17, 15) is 18.0 Å². The smallest absolute Gasteiger partial charge is 0.252 e. The first-order valence-electron chi connectivity index (χ1n) is 9.83. The number of nitrogens with one attached hydrogen (secondary N) is 1. The van der Waals surface area contributed by atoms with Gasteiger partial charge in [0.15, 0.2) is 0 Å². The highest BCUT2D eigenvalue weighted by Gasteiger charge is 2.38. The van der Waals surface area contributed by atoms with Crippen molar-refractivity contribution in [2.24, 2.45) is 5.14 Å². The van der Waals surface area contributed by atoms with Crippen molar-refractivity contribution in [1.29, 1.82) is 0 Å². The summed E-state index contributed by atoms with van der Waals surface area (Å²) in [5.41, 5.74) is 2.21. The lowest BCUT2D eigenvalue weighted by molar-refractivity contribution is -0.124. The quantitative estimate of drug-likeness (QED) is 0.594. The Bertz CT molecular complexity index is 1280. The van der Waals surface area contributed by atoms with Crippen molar-refractivity contribution in [3.8, 4) is 0 Å². The second-order valence-corrected chi connectivity index (χ2v) is 9.41. The third kappa shape index (κ3) is 4.52. The first-order valence-corrected chi connectivity index (χ1v) is 11.8. The summed E-state index contributed by atoms with van der Waals surface area (Å²) in [4.78, 5) is 27.7. The van der Waals surface area contributed by atoms with E-state index in [-0.39, 0.29) is 22.9 Å². The lowest BCUT2D eigenvalue weighted by atomic mass is 9.99. The van der Waals surface area contributed by atoms with Gasteiger partial charge in [0.2, 0.25) is 15.9 Å². The standard InChI is InChI=1S/C23H20ClN3O4S/c24-17-9-6-15(7-10-17)8-13-21(28)27-20-12-11-18(32(25,30)31)14-19(20)26-23(29)22(27)16-4-2-1-3-5-16/h1-7,9-12,14,22H,8,13H2,(H,26,29)(H2,25,30,31). The van der Waals surface area contributed by atoms with Gasteiger partial charge in [0.05, 0.1) is 16.3 Å². The zero-order valence-electron chi connectivity index (χ0n) is 16.9. The largest absolute Gasteiger partial charge is 0.322 e. The second-order valence-electron chi connectivity index (χ2n) is 7.42. The Labute approximate surface area is 190 Å². The third-order valence-electron chi connectivity index (χ3n) is 5.25. The van der Waals surface area contributed by atoms with Crippen LogP contribution >= 0.6 is 11.6 Å². The van der Waals surface area contributed by atoms with Crippen LogP contribution in [0.25, 0.3) is 0 Å². The van der Waals surface area contributed by atoms with E-state index in [0.29, 0.717) is 22.7 Å². The Morgan fingerprint density at radius 2 is 1.72 bits per heavy atom. The Hall–Kier alpha value is -3.20. The van der Waals surface area contributed by atoms with Gasteiger partial charge in [-0.1, -0.05) is 54.1 Å². The number of hydrogen-bond donors (Lipinski definition) is 2. The molecule has 7 nitrogen and oxygen atoms in total. The van der Waals surface area contributed by atoms with E-state index in [4.69, 9.17) is 16.7 Å². The maximum Gasteiger partial charge on any atom is 0.252 e. The molecule has 0 aromatic heterocycles. The van der Waals surface area contributed by atoms with Gasteiger partial charge in [0, 0.05) is 11.4 Å². The molecule has 1 aliphatic heterocycles. The predicted octanol–water partition coefficient (Wildman–Crippen LogP) is 3.65. The van der Waals surface area contributed by atoms with Crippen LogP contribution in [-0.4, -0.2) is 20.2 Å². The van der Waals surface area contributed by atoms with Crippen molar-refractivity contribution in [3.63, 3.8) is 0 Å². The minimum absolute atomic E-state index is 0.147. The van der Waals surface area contributed by atoms with Crippen LogP contribution in [0.1, 0.15) is 23.6 Å². The highest BCUT2D eigenvalue weighted by atomic mass is 35.5. The monoisotopic (exact) mass is 469 g/mol. The fraction of sp³-hybridized carbons (Fsp3) is 0.130. The van der Waals surface area contributed by atoms with Crippen LogP contribution in [0, 0.1) is 0 Å². The first-order chi connectivity index (χ1) is 15.2. The van der Waals surface area contributed by atoms with Crippen LogP contribution in [0.15, 0.2) is 77.7 Å². The summed E-state index contributed by atoms with van der Waals surface area (Å²) in [7, 11) is -3.97. The van der Waals surface area contributed by atoms with E-state index in [1.165, 1.54) is 23.1 Å². The third-order valence-corrected chi connectivity index (χ3v) is 6.41. The van der Waals surface area contributed by atoms with Crippen LogP contribution in [0.2, 0.25) is 5.02 Å². The molecule has 3 aromatic rings. The maximum absolute atomic E-state index is 13.4. The zero-order chi connectivity index (χ0) is 22.9. The zero-order valence-corrected chi connectivity index (χ0v) is 18.4. The average Bonchev–Trinajstić information content (AvgIpc) is 2.77. The van der Waals surface area contributed by atoms with E-state index >= 15 is 0 Å². The highest BCUT2D eigenvalue weighted by molar-refractivity contribution is 7.89. The maximum atomic E-state index is 13.4. The van der Waals surface area contributed by atoms with Gasteiger partial charge >= 0.3 is 0 Å². The summed E-state index contributed by atoms with van der Waals surface area (Å²) < 4.78 is 23.5. The predicted molar refractivity (Wildman–Crippen MR) is 123 cm³/mol. The first kappa shape index (κ1) is 22.0. The van der Waals surface area contributed by atoms with E-state index < -0.39 is 22.0 Å². The molecule has 164 valence electrons. The van der Waals surface area contributed by atoms with E-state index in [2.05, 4.69) is 5.32 Å². The van der Waals surface area contributed by atoms with Crippen molar-refractivity contribution in [2.45, 2.75) is 23.8 Å². The van der Waals surface area contributed by atoms with Crippen LogP contribution < -0.4 is 15.4 Å². The minimum atomic E-state index is -3.97. The molecule has 0 saturated heterocycles. The lowest BCUT2D eigenvalue weighted by Crippen LogP contribution is -2.45. The molecule has 1 unspecified atom stereocenters. The van der Waals surface area contributed by atoms with Gasteiger partial charge < -0.3 is 5.32 Å². The molecule has 0 aliphatic carbocycles. The molecule has 1 atom stereocenters. The fourth-order valence-electron chi connectivity index (χ4n) is 3.70. The molecule has 0 fully saturated rings. The molecule has 1 heterocycles. The molecular formula is C23H20ClN3O4S. The van der Waals surface area contributed by atoms with Gasteiger partial charge in [0.25, 0.3) is 5.91 Å². The molecule has 32 heavy (non-hydrogen) atoms. The summed E-state index contributed by atoms with van der Waals surface area (Å²) in [6.07, 6.45) is 0.606. The minimum Gasteiger partial charge on any atom is -0.322 e. The number of carbonyl (C=O) groups excluding carboxylic acids is 2. The number of halogens is 1. The van der Waals surface area contributed by atoms with Crippen molar-refractivity contribution in [3.05, 3.63) is 88.9 Å². The Morgan fingerprint density at radius 3 is 2.38 bits per heavy atom. The SMILES string of the molecule is NS(=O)(=O)c1ccc2c(c1)NC(=O)C(c1ccccc1)N2C(=O)CCc1ccc(Cl)cc1. The molecular weight excluding hydrogens is 450 g/mol. The van der Waals surface area contributed by atoms with Crippen LogP contribution in [0.4, 0.5) is 11.4 Å². The number of aryl methyl sites for hydroxylation is 1. The van der Waals surface area contributed by atoms with Gasteiger partial charge in [-0.3, -0.25) is 14.5 Å². The van der Waals surface area contributed by atoms with Crippen molar-refractivity contribution in [1.82, 2.24) is 0 Å². The van der Waals surface area contributed by atoms with Crippen molar-refractivity contribution < 1.29 is 18.0 Å². The molecule has 9 heteroatoms. The Balaban J connectivity index is 1.73. The summed E-state index contributed by atoms with van der Waals surface area (Å²) in [5, 5.41) is 8.56. The lowest BCUT2D eigenvalue weighted by Gasteiger charge is -2.37. The molecule has 3 aromatic carbocycles. The summed E-state index contributed by atoms with van der Waals surface area (Å²) in [5.74, 6) is -0.705. The Morgan fingerprint density at radius 1 is 1.03 bits per heavy atom. The van der Waals surface area contributed by atoms with E-state index in [1.54, 1.807) is 36.4 Å². The Kier molecular flexibility index (Phi) is 6.01. The highest BCUT2D eigenvalue weighted by Crippen LogP contribution is 2.40. The number of carbonyl (C=O) groups is 2. The number of benzene rings is 3. The van der Waals surface area contributed by atoms with Crippen LogP contribution in [-0.2, 0) is 26.0 Å². The van der Waals surface area contributed by atoms with Crippen LogP contribution in [0.5, 0.6) is 0 Å². The molecule has 4 rings (SSSR count). The normalized spacial score (nSPS) is 15.8. The molecule has 3 N–H and O–H groups in total. The molecule has 1 aliphatic rings. The van der Waals surface area contributed by atoms with Gasteiger partial charge in [-0.05, 0) is 47.9 Å². The molecule has 2 amide bonds. The molecule has 0 saturated carbocycles. The number of amides is 2. The molecule has 0 bridgehead atoms. The number of hydrogen-bond acceptors (Lipinski definition) is 4. The van der Waals surface area contributed by atoms with Crippen LogP contribution in [0.3, 0.4) is 0 Å². The summed E-state index contributed by atoms with van der Waals surface area (Å²) >= 11 is 5.93. The van der Waals surface area contributed by atoms with Gasteiger partial charge in [-0.2, -0.15) is 0 Å². The average molecular weight is 470 g/mol. The molecule has 0 radical (unpaired) electrons. The molecule has 0 spiro atoms. The number of fused-ring (bicyclic) bond motifs is 1. The van der Waals surface area contributed by atoms with Crippen molar-refractivity contribution in [2.75, 3.05) is 10.2 Å². The fourth-order valence-corrected chi connectivity index (χ4v) is 4.36. The number of nitrogens with two attached hydrogens (primary N) is 1. The van der Waals surface area contributed by atoms with Gasteiger partial charge in [0.1, 0.15) is 6.04 Å². The topological polar surface area (TPSA) is 110 Å². The summed E-state index contributed by atoms with van der Waals surface area (Å²) in [6.45, 7) is 0. The van der Waals surface area contributed by atoms with Gasteiger partial charge in [-0.15, -0.1) is 0 Å². The second kappa shape index (κ2) is 8.74. The number of nitrogens with zero attached hydrogens (tertiary/aromatic N) is 1. The van der Waals surface area contributed by atoms with Gasteiger partial charge in [-0.25, -0.2) is 13.6 Å². The van der Waals surface area contributed by atoms with Crippen molar-refractivity contribution >= 4 is 44.8 Å². The van der Waals surface area contributed by atoms with E-state index in [0.717, 1.165) is 5.56 Å². The number of rotatable bonds is 5. The number of anilines is 2. The van der Waals surface area contributed by atoms with E-state index in [1.807, 2.05) is 18.2 Å². The number of primary sulfonamides is 1. The summed E-state index contributed by atoms with van der Waals surface area (Å²) in [6, 6.07) is 19.3.